The van der Waals surface area contributed by atoms with Gasteiger partial charge in [-0.15, -0.1) is 0 Å². The maximum atomic E-state index is 12.8. The van der Waals surface area contributed by atoms with Gasteiger partial charge in [0.05, 0.1) is 13.2 Å². The zero-order valence-electron chi connectivity index (χ0n) is 15.7. The van der Waals surface area contributed by atoms with Crippen molar-refractivity contribution in [2.45, 2.75) is 11.3 Å². The van der Waals surface area contributed by atoms with Gasteiger partial charge < -0.3 is 24.5 Å². The number of hydrogen-bond donors (Lipinski definition) is 1. The van der Waals surface area contributed by atoms with Crippen molar-refractivity contribution >= 4 is 27.8 Å². The summed E-state index contributed by atoms with van der Waals surface area (Å²) in [6.45, 7) is 3.32. The molecule has 0 bridgehead atoms. The molecule has 29 heavy (non-hydrogen) atoms. The van der Waals surface area contributed by atoms with Crippen LogP contribution in [-0.2, 0) is 19.0 Å². The summed E-state index contributed by atoms with van der Waals surface area (Å²) in [5.41, 5.74) is 7.41. The van der Waals surface area contributed by atoms with Crippen LogP contribution in [0.1, 0.15) is 6.42 Å². The van der Waals surface area contributed by atoms with Crippen molar-refractivity contribution < 1.29 is 22.1 Å². The van der Waals surface area contributed by atoms with Crippen LogP contribution >= 0.6 is 0 Å². The van der Waals surface area contributed by atoms with Crippen molar-refractivity contribution in [2.24, 2.45) is 0 Å². The van der Waals surface area contributed by atoms with E-state index < -0.39 is 16.2 Å². The van der Waals surface area contributed by atoms with E-state index in [1.165, 1.54) is 29.4 Å². The number of nitrogens with zero attached hydrogens (tertiary/aromatic N) is 4. The molecule has 0 spiro atoms. The molecule has 0 saturated carbocycles. The number of ether oxygens (including phenoxy) is 1. The van der Waals surface area contributed by atoms with Gasteiger partial charge in [0, 0.05) is 49.8 Å². The molecule has 1 aromatic heterocycles. The molecule has 2 aliphatic heterocycles. The van der Waals surface area contributed by atoms with E-state index in [2.05, 4.69) is 9.97 Å². The first-order valence-electron chi connectivity index (χ1n) is 9.21. The highest BCUT2D eigenvalue weighted by molar-refractivity contribution is 7.87. The van der Waals surface area contributed by atoms with E-state index in [0.29, 0.717) is 56.2 Å². The number of amides is 1. The molecule has 2 saturated heterocycles. The molecule has 4 rings (SSSR count). The van der Waals surface area contributed by atoms with Crippen LogP contribution in [-0.4, -0.2) is 68.8 Å². The Balaban J connectivity index is 1.72. The van der Waals surface area contributed by atoms with Crippen LogP contribution in [0.3, 0.4) is 0 Å². The SMILES string of the molecule is Nc1ncc(-c2cc(N3CCOCC3)cc(S(=O)(=O)OC(=O)N3CCC3)c2)cn1. The largest absolute Gasteiger partial charge is 0.425 e. The molecule has 154 valence electrons. The van der Waals surface area contributed by atoms with E-state index in [4.69, 9.17) is 14.7 Å². The fraction of sp³-hybridized carbons (Fsp3) is 0.389. The van der Waals surface area contributed by atoms with Crippen LogP contribution in [0.25, 0.3) is 11.1 Å². The topological polar surface area (TPSA) is 128 Å². The van der Waals surface area contributed by atoms with Gasteiger partial charge in [0.15, 0.2) is 0 Å². The molecule has 0 unspecified atom stereocenters. The Morgan fingerprint density at radius 2 is 1.72 bits per heavy atom. The number of anilines is 2. The molecule has 2 N–H and O–H groups in total. The zero-order chi connectivity index (χ0) is 20.4. The van der Waals surface area contributed by atoms with Crippen LogP contribution in [0.15, 0.2) is 35.5 Å². The lowest BCUT2D eigenvalue weighted by atomic mass is 10.1. The Morgan fingerprint density at radius 3 is 2.34 bits per heavy atom. The third-order valence-corrected chi connectivity index (χ3v) is 6.03. The number of likely N-dealkylation sites (tertiary alicyclic amines) is 1. The first kappa shape index (κ1) is 19.4. The van der Waals surface area contributed by atoms with Crippen molar-refractivity contribution in [1.29, 1.82) is 0 Å². The number of carbonyl (C=O) groups excluding carboxylic acids is 1. The zero-order valence-corrected chi connectivity index (χ0v) is 16.5. The molecule has 2 fully saturated rings. The van der Waals surface area contributed by atoms with Gasteiger partial charge in [-0.1, -0.05) is 0 Å². The number of rotatable bonds is 4. The highest BCUT2D eigenvalue weighted by Crippen LogP contribution is 2.30. The van der Waals surface area contributed by atoms with Gasteiger partial charge in [-0.05, 0) is 30.2 Å². The second-order valence-electron chi connectivity index (χ2n) is 6.79. The van der Waals surface area contributed by atoms with E-state index >= 15 is 0 Å². The van der Waals surface area contributed by atoms with E-state index in [9.17, 15) is 13.2 Å². The second-order valence-corrected chi connectivity index (χ2v) is 8.34. The van der Waals surface area contributed by atoms with E-state index in [1.807, 2.05) is 11.0 Å². The van der Waals surface area contributed by atoms with Gasteiger partial charge in [0.1, 0.15) is 4.90 Å². The number of aromatic nitrogens is 2. The first-order valence-corrected chi connectivity index (χ1v) is 10.6. The van der Waals surface area contributed by atoms with Crippen LogP contribution < -0.4 is 10.6 Å². The predicted molar refractivity (Wildman–Crippen MR) is 105 cm³/mol. The number of hydrogen-bond acceptors (Lipinski definition) is 9. The monoisotopic (exact) mass is 419 g/mol. The highest BCUT2D eigenvalue weighted by atomic mass is 32.2. The van der Waals surface area contributed by atoms with Gasteiger partial charge >= 0.3 is 16.2 Å². The molecule has 0 aliphatic carbocycles. The summed E-state index contributed by atoms with van der Waals surface area (Å²) in [5, 5.41) is 0. The Bertz CT molecular complexity index is 1000. The molecule has 3 heterocycles. The Morgan fingerprint density at radius 1 is 1.03 bits per heavy atom. The number of benzene rings is 1. The summed E-state index contributed by atoms with van der Waals surface area (Å²) in [7, 11) is -4.30. The number of carbonyl (C=O) groups is 1. The van der Waals surface area contributed by atoms with Gasteiger partial charge in [-0.2, -0.15) is 8.42 Å². The van der Waals surface area contributed by atoms with E-state index in [1.54, 1.807) is 0 Å². The van der Waals surface area contributed by atoms with E-state index in [0.717, 1.165) is 6.42 Å². The second kappa shape index (κ2) is 7.84. The minimum Gasteiger partial charge on any atom is -0.378 e. The van der Waals surface area contributed by atoms with Crippen molar-refractivity contribution in [3.63, 3.8) is 0 Å². The van der Waals surface area contributed by atoms with Crippen molar-refractivity contribution in [1.82, 2.24) is 14.9 Å². The third kappa shape index (κ3) is 4.25. The molecular formula is C18H21N5O5S. The smallest absolute Gasteiger partial charge is 0.378 e. The first-order chi connectivity index (χ1) is 13.9. The molecule has 0 atom stereocenters. The Labute approximate surface area is 168 Å². The van der Waals surface area contributed by atoms with Crippen LogP contribution in [0.2, 0.25) is 0 Å². The third-order valence-electron chi connectivity index (χ3n) is 4.86. The van der Waals surface area contributed by atoms with Crippen LogP contribution in [0.4, 0.5) is 16.4 Å². The fourth-order valence-corrected chi connectivity index (χ4v) is 4.00. The number of nitrogen functional groups attached to an aromatic ring is 1. The fourth-order valence-electron chi connectivity index (χ4n) is 3.08. The van der Waals surface area contributed by atoms with Crippen molar-refractivity contribution in [3.05, 3.63) is 30.6 Å². The summed E-state index contributed by atoms with van der Waals surface area (Å²) in [4.78, 5) is 23.3. The van der Waals surface area contributed by atoms with Crippen molar-refractivity contribution in [3.8, 4) is 11.1 Å². The number of nitrogens with two attached hydrogens (primary N) is 1. The van der Waals surface area contributed by atoms with Crippen LogP contribution in [0.5, 0.6) is 0 Å². The summed E-state index contributed by atoms with van der Waals surface area (Å²) in [6, 6.07) is 4.79. The molecule has 10 nitrogen and oxygen atoms in total. The summed E-state index contributed by atoms with van der Waals surface area (Å²) < 4.78 is 35.8. The van der Waals surface area contributed by atoms with Gasteiger partial charge in [-0.25, -0.2) is 14.8 Å². The van der Waals surface area contributed by atoms with Gasteiger partial charge in [-0.3, -0.25) is 0 Å². The Hall–Kier alpha value is -2.92. The average molecular weight is 419 g/mol. The molecule has 11 heteroatoms. The van der Waals surface area contributed by atoms with Crippen molar-refractivity contribution in [2.75, 3.05) is 50.0 Å². The standard InChI is InChI=1S/C18H21N5O5S/c19-17-20-11-14(12-21-17)13-8-15(22-4-6-27-7-5-22)10-16(9-13)29(25,26)28-18(24)23-2-1-3-23/h8-12H,1-7H2,(H2,19,20,21). The summed E-state index contributed by atoms with van der Waals surface area (Å²) >= 11 is 0. The van der Waals surface area contributed by atoms with Crippen LogP contribution in [0, 0.1) is 0 Å². The lowest BCUT2D eigenvalue weighted by molar-refractivity contribution is 0.122. The molecule has 0 radical (unpaired) electrons. The average Bonchev–Trinajstić information content (AvgIpc) is 2.67. The van der Waals surface area contributed by atoms with Gasteiger partial charge in [0.2, 0.25) is 5.95 Å². The quantitative estimate of drug-likeness (QED) is 0.724. The Kier molecular flexibility index (Phi) is 5.24. The molecule has 1 amide bonds. The summed E-state index contributed by atoms with van der Waals surface area (Å²) in [6.07, 6.45) is 3.01. The summed E-state index contributed by atoms with van der Waals surface area (Å²) in [5.74, 6) is 0.120. The molecule has 1 aromatic carbocycles. The molecule has 2 aromatic rings. The maximum Gasteiger partial charge on any atom is 0.425 e. The van der Waals surface area contributed by atoms with Gasteiger partial charge in [0.25, 0.3) is 0 Å². The minimum atomic E-state index is -4.30. The normalized spacial score (nSPS) is 17.0. The lowest BCUT2D eigenvalue weighted by Crippen LogP contribution is -2.43. The lowest BCUT2D eigenvalue weighted by Gasteiger charge is -2.30. The molecule has 2 aliphatic rings. The molecular weight excluding hydrogens is 398 g/mol. The number of morpholine rings is 1. The maximum absolute atomic E-state index is 12.8. The minimum absolute atomic E-state index is 0.109. The van der Waals surface area contributed by atoms with E-state index in [-0.39, 0.29) is 10.8 Å². The predicted octanol–water partition coefficient (Wildman–Crippen LogP) is 1.09. The highest BCUT2D eigenvalue weighted by Gasteiger charge is 2.29.